The minimum absolute atomic E-state index is 0.477. The lowest BCUT2D eigenvalue weighted by molar-refractivity contribution is 0.411. The Morgan fingerprint density at radius 2 is 2.11 bits per heavy atom. The first kappa shape index (κ1) is 12.5. The van der Waals surface area contributed by atoms with Crippen molar-refractivity contribution in [1.82, 2.24) is 10.3 Å². The van der Waals surface area contributed by atoms with Crippen molar-refractivity contribution in [2.45, 2.75) is 63.5 Å². The van der Waals surface area contributed by atoms with Crippen molar-refractivity contribution < 1.29 is 4.42 Å². The zero-order chi connectivity index (χ0) is 13.1. The van der Waals surface area contributed by atoms with Gasteiger partial charge in [0.25, 0.3) is 0 Å². The number of nitrogens with zero attached hydrogens (tertiary/aromatic N) is 2. The van der Waals surface area contributed by atoms with Gasteiger partial charge in [-0.1, -0.05) is 19.3 Å². The van der Waals surface area contributed by atoms with Crippen LogP contribution >= 0.6 is 0 Å². The fraction of sp³-hybridized carbons (Fsp3) is 0.714. The van der Waals surface area contributed by atoms with Crippen LogP contribution in [0.1, 0.15) is 62.5 Å². The molecule has 2 aliphatic carbocycles. The molecule has 1 aromatic heterocycles. The first-order chi connectivity index (χ1) is 9.31. The van der Waals surface area contributed by atoms with E-state index in [-0.39, 0.29) is 0 Å². The second-order valence-corrected chi connectivity index (χ2v) is 5.62. The van der Waals surface area contributed by atoms with Crippen molar-refractivity contribution in [1.29, 1.82) is 0 Å². The molecule has 0 atom stereocenters. The van der Waals surface area contributed by atoms with E-state index >= 15 is 0 Å². The maximum atomic E-state index is 5.91. The summed E-state index contributed by atoms with van der Waals surface area (Å²) in [5.74, 6) is 2.74. The van der Waals surface area contributed by atoms with Crippen molar-refractivity contribution in [3.8, 4) is 0 Å². The number of nitrogens with two attached hydrogens (primary N) is 1. The lowest BCUT2D eigenvalue weighted by Gasteiger charge is -2.23. The summed E-state index contributed by atoms with van der Waals surface area (Å²) in [6.07, 6.45) is 10.5. The Morgan fingerprint density at radius 1 is 1.32 bits per heavy atom. The molecule has 0 aliphatic heterocycles. The van der Waals surface area contributed by atoms with Crippen LogP contribution in [0.4, 0.5) is 0 Å². The van der Waals surface area contributed by atoms with Gasteiger partial charge in [0, 0.05) is 12.0 Å². The highest BCUT2D eigenvalue weighted by Gasteiger charge is 2.28. The molecule has 2 aliphatic rings. The average molecular weight is 262 g/mol. The molecule has 104 valence electrons. The van der Waals surface area contributed by atoms with Crippen LogP contribution in [0.3, 0.4) is 0 Å². The monoisotopic (exact) mass is 262 g/mol. The Morgan fingerprint density at radius 3 is 2.84 bits per heavy atom. The molecule has 0 bridgehead atoms. The molecule has 2 fully saturated rings. The third kappa shape index (κ3) is 3.49. The number of rotatable bonds is 4. The van der Waals surface area contributed by atoms with Gasteiger partial charge in [-0.2, -0.15) is 0 Å². The minimum Gasteiger partial charge on any atom is -0.443 e. The summed E-state index contributed by atoms with van der Waals surface area (Å²) in [5, 5.41) is 3.30. The molecular formula is C14H22N4O. The van der Waals surface area contributed by atoms with Gasteiger partial charge in [0.15, 0.2) is 11.9 Å². The molecule has 5 heteroatoms. The lowest BCUT2D eigenvalue weighted by atomic mass is 9.96. The summed E-state index contributed by atoms with van der Waals surface area (Å²) >= 11 is 0. The maximum absolute atomic E-state index is 5.91. The largest absolute Gasteiger partial charge is 0.443 e. The SMILES string of the molecule is NC(=NCc1cnc(C2CC2)o1)NC1CCCCC1. The Balaban J connectivity index is 1.49. The molecule has 0 radical (unpaired) electrons. The van der Waals surface area contributed by atoms with Crippen LogP contribution in [0.5, 0.6) is 0 Å². The smallest absolute Gasteiger partial charge is 0.197 e. The quantitative estimate of drug-likeness (QED) is 0.644. The van der Waals surface area contributed by atoms with Crippen molar-refractivity contribution in [3.63, 3.8) is 0 Å². The van der Waals surface area contributed by atoms with Gasteiger partial charge in [0.2, 0.25) is 0 Å². The zero-order valence-corrected chi connectivity index (χ0v) is 11.3. The van der Waals surface area contributed by atoms with Gasteiger partial charge in [-0.15, -0.1) is 0 Å². The van der Waals surface area contributed by atoms with E-state index < -0.39 is 0 Å². The average Bonchev–Trinajstić information content (AvgIpc) is 3.17. The topological polar surface area (TPSA) is 76.4 Å². The third-order valence-electron chi connectivity index (χ3n) is 3.86. The number of oxazole rings is 1. The summed E-state index contributed by atoms with van der Waals surface area (Å²) in [4.78, 5) is 8.61. The summed E-state index contributed by atoms with van der Waals surface area (Å²) < 4.78 is 5.65. The van der Waals surface area contributed by atoms with Crippen molar-refractivity contribution in [2.24, 2.45) is 10.7 Å². The highest BCUT2D eigenvalue weighted by Crippen LogP contribution is 2.39. The van der Waals surface area contributed by atoms with Gasteiger partial charge in [0.1, 0.15) is 12.3 Å². The summed E-state index contributed by atoms with van der Waals surface area (Å²) in [6, 6.07) is 0.495. The van der Waals surface area contributed by atoms with Crippen LogP contribution in [0, 0.1) is 0 Å². The van der Waals surface area contributed by atoms with Crippen LogP contribution in [-0.4, -0.2) is 17.0 Å². The minimum atomic E-state index is 0.477. The Kier molecular flexibility index (Phi) is 3.71. The molecule has 0 aromatic carbocycles. The normalized spacial score (nSPS) is 21.6. The van der Waals surface area contributed by atoms with Gasteiger partial charge in [-0.05, 0) is 25.7 Å². The molecule has 3 N–H and O–H groups in total. The predicted molar refractivity (Wildman–Crippen MR) is 73.8 cm³/mol. The predicted octanol–water partition coefficient (Wildman–Crippen LogP) is 2.29. The van der Waals surface area contributed by atoms with Crippen LogP contribution < -0.4 is 11.1 Å². The molecule has 0 spiro atoms. The van der Waals surface area contributed by atoms with Crippen LogP contribution in [0.25, 0.3) is 0 Å². The Bertz CT molecular complexity index is 444. The van der Waals surface area contributed by atoms with E-state index in [9.17, 15) is 0 Å². The zero-order valence-electron chi connectivity index (χ0n) is 11.3. The van der Waals surface area contributed by atoms with Gasteiger partial charge in [-0.3, -0.25) is 0 Å². The Hall–Kier alpha value is -1.52. The van der Waals surface area contributed by atoms with Crippen LogP contribution in [-0.2, 0) is 6.54 Å². The highest BCUT2D eigenvalue weighted by molar-refractivity contribution is 5.78. The van der Waals surface area contributed by atoms with Gasteiger partial charge >= 0.3 is 0 Å². The van der Waals surface area contributed by atoms with Crippen molar-refractivity contribution in [3.05, 3.63) is 17.8 Å². The van der Waals surface area contributed by atoms with E-state index in [1.165, 1.54) is 44.9 Å². The van der Waals surface area contributed by atoms with Gasteiger partial charge < -0.3 is 15.5 Å². The van der Waals surface area contributed by atoms with E-state index in [0.717, 1.165) is 11.7 Å². The van der Waals surface area contributed by atoms with Crippen LogP contribution in [0.2, 0.25) is 0 Å². The maximum Gasteiger partial charge on any atom is 0.197 e. The van der Waals surface area contributed by atoms with E-state index in [1.54, 1.807) is 6.20 Å². The molecular weight excluding hydrogens is 240 g/mol. The second-order valence-electron chi connectivity index (χ2n) is 5.62. The second kappa shape index (κ2) is 5.63. The van der Waals surface area contributed by atoms with Crippen LogP contribution in [0.15, 0.2) is 15.6 Å². The number of hydrogen-bond donors (Lipinski definition) is 2. The summed E-state index contributed by atoms with van der Waals surface area (Å²) in [5.41, 5.74) is 5.91. The first-order valence-electron chi connectivity index (χ1n) is 7.32. The third-order valence-corrected chi connectivity index (χ3v) is 3.86. The van der Waals surface area contributed by atoms with E-state index in [2.05, 4.69) is 15.3 Å². The van der Waals surface area contributed by atoms with E-state index in [4.69, 9.17) is 10.2 Å². The molecule has 1 aromatic rings. The van der Waals surface area contributed by atoms with Crippen molar-refractivity contribution in [2.75, 3.05) is 0 Å². The molecule has 0 saturated heterocycles. The highest BCUT2D eigenvalue weighted by atomic mass is 16.4. The molecule has 5 nitrogen and oxygen atoms in total. The van der Waals surface area contributed by atoms with Gasteiger partial charge in [-0.25, -0.2) is 9.98 Å². The lowest BCUT2D eigenvalue weighted by Crippen LogP contribution is -2.41. The molecule has 3 rings (SSSR count). The molecule has 0 amide bonds. The summed E-state index contributed by atoms with van der Waals surface area (Å²) in [6.45, 7) is 0.477. The first-order valence-corrected chi connectivity index (χ1v) is 7.32. The fourth-order valence-electron chi connectivity index (χ4n) is 2.58. The molecule has 1 heterocycles. The number of nitrogens with one attached hydrogen (secondary N) is 1. The fourth-order valence-corrected chi connectivity index (χ4v) is 2.58. The number of guanidine groups is 1. The molecule has 19 heavy (non-hydrogen) atoms. The number of aliphatic imine (C=N–C) groups is 1. The van der Waals surface area contributed by atoms with Gasteiger partial charge in [0.05, 0.1) is 6.20 Å². The van der Waals surface area contributed by atoms with E-state index in [1.807, 2.05) is 0 Å². The molecule has 2 saturated carbocycles. The van der Waals surface area contributed by atoms with E-state index in [0.29, 0.717) is 24.5 Å². The standard InChI is InChI=1S/C14H22N4O/c15-14(18-11-4-2-1-3-5-11)17-9-12-8-16-13(19-12)10-6-7-10/h8,10-11H,1-7,9H2,(H3,15,17,18). The van der Waals surface area contributed by atoms with Crippen molar-refractivity contribution >= 4 is 5.96 Å². The number of aromatic nitrogens is 1. The number of hydrogen-bond acceptors (Lipinski definition) is 3. The molecule has 0 unspecified atom stereocenters. The summed E-state index contributed by atoms with van der Waals surface area (Å²) in [7, 11) is 0. The Labute approximate surface area is 113 Å².